The van der Waals surface area contributed by atoms with Crippen molar-refractivity contribution < 1.29 is 14.3 Å². The molecule has 0 radical (unpaired) electrons. The molecule has 2 aliphatic heterocycles. The van der Waals surface area contributed by atoms with Crippen LogP contribution in [0.4, 0.5) is 0 Å². The molecular formula is C23H22N2O3S. The number of hydrogen-bond acceptors (Lipinski definition) is 5. The van der Waals surface area contributed by atoms with Crippen molar-refractivity contribution in [3.8, 4) is 11.5 Å². The minimum absolute atomic E-state index is 0.0299. The predicted octanol–water partition coefficient (Wildman–Crippen LogP) is 3.74. The number of fused-ring (bicyclic) bond motifs is 2. The maximum absolute atomic E-state index is 12.7. The van der Waals surface area contributed by atoms with Crippen molar-refractivity contribution in [2.75, 3.05) is 19.9 Å². The third-order valence-electron chi connectivity index (χ3n) is 5.45. The van der Waals surface area contributed by atoms with Crippen LogP contribution >= 0.6 is 11.3 Å². The number of nitrogens with one attached hydrogen (secondary N) is 1. The predicted molar refractivity (Wildman–Crippen MR) is 112 cm³/mol. The highest BCUT2D eigenvalue weighted by atomic mass is 32.1. The molecular weight excluding hydrogens is 384 g/mol. The van der Waals surface area contributed by atoms with Gasteiger partial charge in [0, 0.05) is 18.0 Å². The van der Waals surface area contributed by atoms with E-state index in [4.69, 9.17) is 9.47 Å². The standard InChI is InChI=1S/C23H22N2O3S/c26-22(24-13-16-6-7-19-20(12-16)28-15-27-19)14-25-10-8-21-18(9-11-29-21)23(25)17-4-2-1-3-5-17/h1-7,9,11-12,23H,8,10,13-15H2,(H,24,26)/t23-/m0/s1. The summed E-state index contributed by atoms with van der Waals surface area (Å²) in [5, 5.41) is 5.21. The van der Waals surface area contributed by atoms with Gasteiger partial charge in [-0.05, 0) is 46.7 Å². The minimum Gasteiger partial charge on any atom is -0.454 e. The second kappa shape index (κ2) is 7.89. The lowest BCUT2D eigenvalue weighted by Crippen LogP contribution is -2.42. The summed E-state index contributed by atoms with van der Waals surface area (Å²) in [6, 6.07) is 18.6. The van der Waals surface area contributed by atoms with Gasteiger partial charge >= 0.3 is 0 Å². The summed E-state index contributed by atoms with van der Waals surface area (Å²) in [5.41, 5.74) is 3.56. The minimum atomic E-state index is 0.0299. The molecule has 5 rings (SSSR count). The second-order valence-electron chi connectivity index (χ2n) is 7.30. The van der Waals surface area contributed by atoms with Gasteiger partial charge in [-0.1, -0.05) is 36.4 Å². The fraction of sp³-hybridized carbons (Fsp3) is 0.261. The van der Waals surface area contributed by atoms with Gasteiger partial charge in [0.25, 0.3) is 0 Å². The first-order valence-electron chi connectivity index (χ1n) is 9.78. The summed E-state index contributed by atoms with van der Waals surface area (Å²) in [6.45, 7) is 1.98. The van der Waals surface area contributed by atoms with Crippen LogP contribution in [0.25, 0.3) is 0 Å². The lowest BCUT2D eigenvalue weighted by Gasteiger charge is -2.35. The Morgan fingerprint density at radius 3 is 2.86 bits per heavy atom. The molecule has 1 N–H and O–H groups in total. The molecule has 2 aromatic carbocycles. The largest absolute Gasteiger partial charge is 0.454 e. The van der Waals surface area contributed by atoms with Gasteiger partial charge in [0.05, 0.1) is 12.6 Å². The molecule has 0 saturated heterocycles. The van der Waals surface area contributed by atoms with E-state index in [0.717, 1.165) is 30.0 Å². The molecule has 148 valence electrons. The molecule has 0 fully saturated rings. The van der Waals surface area contributed by atoms with Gasteiger partial charge in [-0.3, -0.25) is 9.69 Å². The Balaban J connectivity index is 1.28. The van der Waals surface area contributed by atoms with Crippen LogP contribution < -0.4 is 14.8 Å². The number of benzene rings is 2. The van der Waals surface area contributed by atoms with Crippen LogP contribution in [-0.4, -0.2) is 30.7 Å². The summed E-state index contributed by atoms with van der Waals surface area (Å²) in [4.78, 5) is 16.4. The first-order chi connectivity index (χ1) is 14.3. The molecule has 29 heavy (non-hydrogen) atoms. The Bertz CT molecular complexity index is 1020. The lowest BCUT2D eigenvalue weighted by molar-refractivity contribution is -0.122. The molecule has 0 unspecified atom stereocenters. The van der Waals surface area contributed by atoms with Gasteiger partial charge in [-0.2, -0.15) is 0 Å². The highest BCUT2D eigenvalue weighted by Crippen LogP contribution is 2.37. The van der Waals surface area contributed by atoms with Crippen molar-refractivity contribution in [2.45, 2.75) is 19.0 Å². The number of amides is 1. The quantitative estimate of drug-likeness (QED) is 0.701. The number of nitrogens with zero attached hydrogens (tertiary/aromatic N) is 1. The van der Waals surface area contributed by atoms with Gasteiger partial charge in [0.2, 0.25) is 12.7 Å². The van der Waals surface area contributed by atoms with Crippen LogP contribution in [0, 0.1) is 0 Å². The van der Waals surface area contributed by atoms with Crippen molar-refractivity contribution in [3.63, 3.8) is 0 Å². The molecule has 0 aliphatic carbocycles. The molecule has 1 amide bonds. The Morgan fingerprint density at radius 2 is 1.97 bits per heavy atom. The fourth-order valence-electron chi connectivity index (χ4n) is 4.06. The summed E-state index contributed by atoms with van der Waals surface area (Å²) in [6.07, 6.45) is 0.992. The van der Waals surface area contributed by atoms with Gasteiger partial charge in [-0.15, -0.1) is 11.3 Å². The van der Waals surface area contributed by atoms with E-state index in [1.54, 1.807) is 0 Å². The SMILES string of the molecule is O=C(CN1CCc2sccc2[C@@H]1c1ccccc1)NCc1ccc2c(c1)OCO2. The normalized spacial score (nSPS) is 17.7. The van der Waals surface area contributed by atoms with E-state index < -0.39 is 0 Å². The molecule has 1 atom stereocenters. The summed E-state index contributed by atoms with van der Waals surface area (Å²) in [5.74, 6) is 1.52. The van der Waals surface area contributed by atoms with E-state index in [-0.39, 0.29) is 18.7 Å². The Labute approximate surface area is 173 Å². The van der Waals surface area contributed by atoms with Gasteiger partial charge in [-0.25, -0.2) is 0 Å². The smallest absolute Gasteiger partial charge is 0.234 e. The third kappa shape index (κ3) is 3.73. The highest BCUT2D eigenvalue weighted by molar-refractivity contribution is 7.10. The molecule has 6 heteroatoms. The van der Waals surface area contributed by atoms with Crippen LogP contribution in [0.3, 0.4) is 0 Å². The van der Waals surface area contributed by atoms with Crippen molar-refractivity contribution >= 4 is 17.2 Å². The summed E-state index contributed by atoms with van der Waals surface area (Å²) in [7, 11) is 0. The molecule has 5 nitrogen and oxygen atoms in total. The zero-order chi connectivity index (χ0) is 19.6. The van der Waals surface area contributed by atoms with Crippen molar-refractivity contribution in [1.29, 1.82) is 0 Å². The topological polar surface area (TPSA) is 50.8 Å². The van der Waals surface area contributed by atoms with Crippen LogP contribution in [0.2, 0.25) is 0 Å². The molecule has 3 heterocycles. The van der Waals surface area contributed by atoms with Gasteiger partial charge in [0.1, 0.15) is 0 Å². The first kappa shape index (κ1) is 18.2. The monoisotopic (exact) mass is 406 g/mol. The van der Waals surface area contributed by atoms with Gasteiger partial charge < -0.3 is 14.8 Å². The number of carbonyl (C=O) groups excluding carboxylic acids is 1. The molecule has 3 aromatic rings. The van der Waals surface area contributed by atoms with Crippen LogP contribution in [0.1, 0.15) is 27.6 Å². The molecule has 0 bridgehead atoms. The zero-order valence-corrected chi connectivity index (χ0v) is 16.8. The maximum Gasteiger partial charge on any atom is 0.234 e. The van der Waals surface area contributed by atoms with E-state index >= 15 is 0 Å². The lowest BCUT2D eigenvalue weighted by atomic mass is 9.93. The van der Waals surface area contributed by atoms with E-state index in [2.05, 4.69) is 45.9 Å². The fourth-order valence-corrected chi connectivity index (χ4v) is 4.96. The van der Waals surface area contributed by atoms with Crippen LogP contribution in [-0.2, 0) is 17.8 Å². The van der Waals surface area contributed by atoms with E-state index in [1.165, 1.54) is 16.0 Å². The molecule has 1 aromatic heterocycles. The van der Waals surface area contributed by atoms with Crippen molar-refractivity contribution in [2.24, 2.45) is 0 Å². The van der Waals surface area contributed by atoms with Crippen molar-refractivity contribution in [3.05, 3.63) is 81.5 Å². The number of thiophene rings is 1. The average molecular weight is 407 g/mol. The van der Waals surface area contributed by atoms with Gasteiger partial charge in [0.15, 0.2) is 11.5 Å². The third-order valence-corrected chi connectivity index (χ3v) is 6.45. The number of rotatable bonds is 5. The zero-order valence-electron chi connectivity index (χ0n) is 16.0. The molecule has 0 saturated carbocycles. The van der Waals surface area contributed by atoms with E-state index in [9.17, 15) is 4.79 Å². The Morgan fingerprint density at radius 1 is 1.10 bits per heavy atom. The van der Waals surface area contributed by atoms with Crippen molar-refractivity contribution in [1.82, 2.24) is 10.2 Å². The summed E-state index contributed by atoms with van der Waals surface area (Å²) >= 11 is 1.81. The second-order valence-corrected chi connectivity index (χ2v) is 8.30. The van der Waals surface area contributed by atoms with E-state index in [1.807, 2.05) is 35.6 Å². The highest BCUT2D eigenvalue weighted by Gasteiger charge is 2.30. The maximum atomic E-state index is 12.7. The Kier molecular flexibility index (Phi) is 4.96. The molecule has 0 spiro atoms. The average Bonchev–Trinajstić information content (AvgIpc) is 3.41. The van der Waals surface area contributed by atoms with E-state index in [0.29, 0.717) is 13.1 Å². The number of ether oxygens (including phenoxy) is 2. The van der Waals surface area contributed by atoms with Crippen LogP contribution in [0.15, 0.2) is 60.0 Å². The number of hydrogen-bond donors (Lipinski definition) is 1. The number of carbonyl (C=O) groups is 1. The molecule has 2 aliphatic rings. The van der Waals surface area contributed by atoms with Crippen LogP contribution in [0.5, 0.6) is 11.5 Å². The first-order valence-corrected chi connectivity index (χ1v) is 10.7. The summed E-state index contributed by atoms with van der Waals surface area (Å²) < 4.78 is 10.8. The Hall–Kier alpha value is -2.83.